The van der Waals surface area contributed by atoms with Crippen LogP contribution in [0.1, 0.15) is 38.3 Å². The van der Waals surface area contributed by atoms with Crippen LogP contribution in [-0.2, 0) is 4.79 Å². The molecule has 3 nitrogen and oxygen atoms in total. The molecule has 1 amide bonds. The fourth-order valence-electron chi connectivity index (χ4n) is 2.72. The molecule has 1 saturated carbocycles. The van der Waals surface area contributed by atoms with Gasteiger partial charge in [0.25, 0.3) is 5.91 Å². The maximum atomic E-state index is 13.0. The molecule has 24 heavy (non-hydrogen) atoms. The molecule has 0 radical (unpaired) electrons. The van der Waals surface area contributed by atoms with E-state index in [-0.39, 0.29) is 17.8 Å². The zero-order chi connectivity index (χ0) is 17.2. The second kappa shape index (κ2) is 6.63. The number of hydrogen-bond donors (Lipinski definition) is 1. The van der Waals surface area contributed by atoms with Crippen LogP contribution in [0.2, 0.25) is 0 Å². The molecule has 0 aliphatic heterocycles. The third-order valence-corrected chi connectivity index (χ3v) is 4.27. The predicted octanol–water partition coefficient (Wildman–Crippen LogP) is 4.25. The van der Waals surface area contributed by atoms with Gasteiger partial charge in [-0.3, -0.25) is 4.79 Å². The molecule has 1 aliphatic carbocycles. The minimum Gasteiger partial charge on any atom is -0.478 e. The molecule has 3 rings (SSSR count). The van der Waals surface area contributed by atoms with Crippen LogP contribution in [0.25, 0.3) is 0 Å². The van der Waals surface area contributed by atoms with Crippen molar-refractivity contribution in [1.82, 2.24) is 5.32 Å². The Kier molecular flexibility index (Phi) is 4.56. The molecular formula is C20H22FNO2. The van der Waals surface area contributed by atoms with Crippen molar-refractivity contribution in [3.63, 3.8) is 0 Å². The lowest BCUT2D eigenvalue weighted by Crippen LogP contribution is -2.48. The maximum absolute atomic E-state index is 13.0. The fourth-order valence-corrected chi connectivity index (χ4v) is 2.72. The average Bonchev–Trinajstić information content (AvgIpc) is 3.40. The second-order valence-corrected chi connectivity index (χ2v) is 6.77. The minimum absolute atomic E-state index is 0.00907. The summed E-state index contributed by atoms with van der Waals surface area (Å²) in [4.78, 5) is 12.7. The Bertz CT molecular complexity index is 693. The van der Waals surface area contributed by atoms with Crippen LogP contribution in [0.15, 0.2) is 54.6 Å². The molecule has 0 saturated heterocycles. The first-order chi connectivity index (χ1) is 11.5. The summed E-state index contributed by atoms with van der Waals surface area (Å²) in [6.45, 7) is 3.45. The first-order valence-electron chi connectivity index (χ1n) is 8.26. The summed E-state index contributed by atoms with van der Waals surface area (Å²) in [5, 5.41) is 3.13. The molecule has 126 valence electrons. The van der Waals surface area contributed by atoms with Crippen LogP contribution in [0, 0.1) is 11.7 Å². The monoisotopic (exact) mass is 327 g/mol. The number of rotatable bonds is 6. The Labute approximate surface area is 141 Å². The van der Waals surface area contributed by atoms with Gasteiger partial charge in [0.1, 0.15) is 11.6 Å². The molecule has 2 aromatic carbocycles. The fraction of sp³-hybridized carbons (Fsp3) is 0.350. The van der Waals surface area contributed by atoms with Gasteiger partial charge < -0.3 is 10.1 Å². The minimum atomic E-state index is -1.04. The van der Waals surface area contributed by atoms with Crippen LogP contribution < -0.4 is 10.1 Å². The zero-order valence-corrected chi connectivity index (χ0v) is 14.0. The topological polar surface area (TPSA) is 38.3 Å². The van der Waals surface area contributed by atoms with Crippen molar-refractivity contribution in [2.75, 3.05) is 0 Å². The third-order valence-electron chi connectivity index (χ3n) is 4.27. The van der Waals surface area contributed by atoms with E-state index in [4.69, 9.17) is 4.74 Å². The Hall–Kier alpha value is -2.36. The van der Waals surface area contributed by atoms with E-state index >= 15 is 0 Å². The number of carbonyl (C=O) groups is 1. The standard InChI is InChI=1S/C20H22FNO2/c1-20(2,24-17-12-10-16(21)11-13-17)19(23)22-18(15-8-9-15)14-6-4-3-5-7-14/h3-7,10-13,15,18H,8-9H2,1-2H3,(H,22,23)/t18-/m0/s1. The van der Waals surface area contributed by atoms with Crippen molar-refractivity contribution in [3.05, 3.63) is 66.0 Å². The van der Waals surface area contributed by atoms with Crippen LogP contribution in [0.3, 0.4) is 0 Å². The van der Waals surface area contributed by atoms with E-state index in [1.165, 1.54) is 24.3 Å². The highest BCUT2D eigenvalue weighted by atomic mass is 19.1. The largest absolute Gasteiger partial charge is 0.478 e. The van der Waals surface area contributed by atoms with Gasteiger partial charge in [0.15, 0.2) is 5.60 Å². The van der Waals surface area contributed by atoms with Crippen LogP contribution in [0.5, 0.6) is 5.75 Å². The summed E-state index contributed by atoms with van der Waals surface area (Å²) >= 11 is 0. The van der Waals surface area contributed by atoms with Gasteiger partial charge in [-0.1, -0.05) is 30.3 Å². The third kappa shape index (κ3) is 3.94. The van der Waals surface area contributed by atoms with E-state index in [9.17, 15) is 9.18 Å². The van der Waals surface area contributed by atoms with Crippen molar-refractivity contribution < 1.29 is 13.9 Å². The molecule has 4 heteroatoms. The number of benzene rings is 2. The first-order valence-corrected chi connectivity index (χ1v) is 8.26. The van der Waals surface area contributed by atoms with E-state index in [0.29, 0.717) is 11.7 Å². The van der Waals surface area contributed by atoms with Gasteiger partial charge in [-0.25, -0.2) is 4.39 Å². The van der Waals surface area contributed by atoms with E-state index in [0.717, 1.165) is 18.4 Å². The molecular weight excluding hydrogens is 305 g/mol. The summed E-state index contributed by atoms with van der Waals surface area (Å²) in [6, 6.07) is 15.7. The summed E-state index contributed by atoms with van der Waals surface area (Å²) in [7, 11) is 0. The van der Waals surface area contributed by atoms with Gasteiger partial charge in [-0.2, -0.15) is 0 Å². The molecule has 2 aromatic rings. The van der Waals surface area contributed by atoms with E-state index < -0.39 is 5.60 Å². The summed E-state index contributed by atoms with van der Waals surface area (Å²) < 4.78 is 18.8. The van der Waals surface area contributed by atoms with Gasteiger partial charge in [-0.15, -0.1) is 0 Å². The number of amides is 1. The number of nitrogens with one attached hydrogen (secondary N) is 1. The summed E-state index contributed by atoms with van der Waals surface area (Å²) in [5.41, 5.74) is 0.0747. The zero-order valence-electron chi connectivity index (χ0n) is 14.0. The quantitative estimate of drug-likeness (QED) is 0.861. The van der Waals surface area contributed by atoms with Gasteiger partial charge in [0, 0.05) is 0 Å². The number of ether oxygens (including phenoxy) is 1. The lowest BCUT2D eigenvalue weighted by atomic mass is 10.0. The molecule has 0 unspecified atom stereocenters. The lowest BCUT2D eigenvalue weighted by Gasteiger charge is -2.28. The Morgan fingerprint density at radius 2 is 1.75 bits per heavy atom. The first kappa shape index (κ1) is 16.5. The highest BCUT2D eigenvalue weighted by molar-refractivity contribution is 5.85. The van der Waals surface area contributed by atoms with Gasteiger partial charge in [0.2, 0.25) is 0 Å². The Balaban J connectivity index is 1.70. The number of hydrogen-bond acceptors (Lipinski definition) is 2. The van der Waals surface area contributed by atoms with Crippen molar-refractivity contribution in [1.29, 1.82) is 0 Å². The SMILES string of the molecule is CC(C)(Oc1ccc(F)cc1)C(=O)N[C@@H](c1ccccc1)C1CC1. The van der Waals surface area contributed by atoms with Crippen LogP contribution in [-0.4, -0.2) is 11.5 Å². The summed E-state index contributed by atoms with van der Waals surface area (Å²) in [6.07, 6.45) is 2.25. The second-order valence-electron chi connectivity index (χ2n) is 6.77. The predicted molar refractivity (Wildman–Crippen MR) is 91.2 cm³/mol. The highest BCUT2D eigenvalue weighted by Gasteiger charge is 2.37. The van der Waals surface area contributed by atoms with E-state index in [1.54, 1.807) is 13.8 Å². The van der Waals surface area contributed by atoms with Gasteiger partial charge in [0.05, 0.1) is 6.04 Å². The smallest absolute Gasteiger partial charge is 0.264 e. The molecule has 1 fully saturated rings. The molecule has 1 N–H and O–H groups in total. The molecule has 0 spiro atoms. The highest BCUT2D eigenvalue weighted by Crippen LogP contribution is 2.41. The van der Waals surface area contributed by atoms with Gasteiger partial charge in [-0.05, 0) is 62.4 Å². The van der Waals surface area contributed by atoms with Crippen molar-refractivity contribution >= 4 is 5.91 Å². The molecule has 1 aliphatic rings. The average molecular weight is 327 g/mol. The van der Waals surface area contributed by atoms with Crippen molar-refractivity contribution in [3.8, 4) is 5.75 Å². The normalized spacial score (nSPS) is 15.6. The summed E-state index contributed by atoms with van der Waals surface area (Å²) in [5.74, 6) is 0.451. The Morgan fingerprint density at radius 3 is 2.33 bits per heavy atom. The maximum Gasteiger partial charge on any atom is 0.264 e. The Morgan fingerprint density at radius 1 is 1.12 bits per heavy atom. The molecule has 1 atom stereocenters. The molecule has 0 aromatic heterocycles. The molecule has 0 bridgehead atoms. The van der Waals surface area contributed by atoms with E-state index in [1.807, 2.05) is 30.3 Å². The molecule has 0 heterocycles. The van der Waals surface area contributed by atoms with Crippen LogP contribution >= 0.6 is 0 Å². The van der Waals surface area contributed by atoms with E-state index in [2.05, 4.69) is 5.32 Å². The number of halogens is 1. The van der Waals surface area contributed by atoms with Gasteiger partial charge >= 0.3 is 0 Å². The lowest BCUT2D eigenvalue weighted by molar-refractivity contribution is -0.135. The van der Waals surface area contributed by atoms with Crippen LogP contribution in [0.4, 0.5) is 4.39 Å². The number of carbonyl (C=O) groups excluding carboxylic acids is 1. The van der Waals surface area contributed by atoms with Crippen molar-refractivity contribution in [2.45, 2.75) is 38.3 Å². The van der Waals surface area contributed by atoms with Crippen molar-refractivity contribution in [2.24, 2.45) is 5.92 Å².